The minimum Gasteiger partial charge on any atom is -0.495 e. The predicted molar refractivity (Wildman–Crippen MR) is 94.1 cm³/mol. The van der Waals surface area contributed by atoms with E-state index in [2.05, 4.69) is 4.98 Å². The molecule has 2 aromatic heterocycles. The van der Waals surface area contributed by atoms with Crippen molar-refractivity contribution in [3.63, 3.8) is 0 Å². The molecule has 0 atom stereocenters. The van der Waals surface area contributed by atoms with Crippen LogP contribution in [0.25, 0.3) is 21.8 Å². The first kappa shape index (κ1) is 14.8. The van der Waals surface area contributed by atoms with Gasteiger partial charge in [0.2, 0.25) is 5.91 Å². The fraction of sp³-hybridized carbons (Fsp3) is 0.333. The summed E-state index contributed by atoms with van der Waals surface area (Å²) in [6.07, 6.45) is 0.830. The number of nitrogens with one attached hydrogen (secondary N) is 1. The predicted octanol–water partition coefficient (Wildman–Crippen LogP) is 2.52. The molecule has 0 saturated carbocycles. The molecule has 0 spiro atoms. The van der Waals surface area contributed by atoms with Gasteiger partial charge in [-0.1, -0.05) is 0 Å². The smallest absolute Gasteiger partial charge is 0.219 e. The van der Waals surface area contributed by atoms with Crippen LogP contribution in [0.2, 0.25) is 0 Å². The fourth-order valence-electron chi connectivity index (χ4n) is 3.68. The van der Waals surface area contributed by atoms with Gasteiger partial charge in [-0.2, -0.15) is 0 Å². The maximum Gasteiger partial charge on any atom is 0.219 e. The monoisotopic (exact) mass is 324 g/mol. The Morgan fingerprint density at radius 3 is 2.92 bits per heavy atom. The lowest BCUT2D eigenvalue weighted by atomic mass is 10.0. The van der Waals surface area contributed by atoms with E-state index in [0.29, 0.717) is 18.0 Å². The zero-order valence-corrected chi connectivity index (χ0v) is 14.1. The van der Waals surface area contributed by atoms with Crippen LogP contribution in [0.3, 0.4) is 0 Å². The number of hydrogen-bond donors (Lipinski definition) is 2. The van der Waals surface area contributed by atoms with E-state index in [1.165, 1.54) is 11.3 Å². The van der Waals surface area contributed by atoms with Crippen LogP contribution < -0.4 is 10.5 Å². The molecule has 0 radical (unpaired) electrons. The van der Waals surface area contributed by atoms with Crippen molar-refractivity contribution in [3.05, 3.63) is 29.1 Å². The van der Waals surface area contributed by atoms with E-state index in [-0.39, 0.29) is 5.91 Å². The molecule has 3 N–H and O–H groups in total. The van der Waals surface area contributed by atoms with Gasteiger partial charge in [0.15, 0.2) is 0 Å². The number of rotatable bonds is 1. The SMILES string of the molecule is COc1ccc2c(nc(C)c3c4c([nH]c32)CCN(C(C)=O)C4)c1N. The summed E-state index contributed by atoms with van der Waals surface area (Å²) in [4.78, 5) is 21.9. The molecule has 124 valence electrons. The number of ether oxygens (including phenoxy) is 1. The summed E-state index contributed by atoms with van der Waals surface area (Å²) < 4.78 is 5.31. The lowest BCUT2D eigenvalue weighted by molar-refractivity contribution is -0.129. The second-order valence-corrected chi connectivity index (χ2v) is 6.30. The zero-order valence-electron chi connectivity index (χ0n) is 14.1. The minimum absolute atomic E-state index is 0.107. The molecule has 1 amide bonds. The Morgan fingerprint density at radius 2 is 2.21 bits per heavy atom. The zero-order chi connectivity index (χ0) is 17.0. The van der Waals surface area contributed by atoms with Crippen molar-refractivity contribution in [2.45, 2.75) is 26.8 Å². The van der Waals surface area contributed by atoms with E-state index in [4.69, 9.17) is 15.5 Å². The van der Waals surface area contributed by atoms with Crippen molar-refractivity contribution in [1.82, 2.24) is 14.9 Å². The molecule has 0 fully saturated rings. The van der Waals surface area contributed by atoms with Gasteiger partial charge in [-0.05, 0) is 19.1 Å². The van der Waals surface area contributed by atoms with Gasteiger partial charge < -0.3 is 20.4 Å². The van der Waals surface area contributed by atoms with E-state index >= 15 is 0 Å². The van der Waals surface area contributed by atoms with Gasteiger partial charge in [0.1, 0.15) is 11.4 Å². The molecule has 3 heterocycles. The molecule has 0 aliphatic carbocycles. The van der Waals surface area contributed by atoms with Crippen molar-refractivity contribution < 1.29 is 9.53 Å². The van der Waals surface area contributed by atoms with E-state index in [1.807, 2.05) is 24.0 Å². The molecule has 6 nitrogen and oxygen atoms in total. The number of nitrogens with two attached hydrogens (primary N) is 1. The Balaban J connectivity index is 2.02. The molecule has 0 saturated heterocycles. The topological polar surface area (TPSA) is 84.2 Å². The van der Waals surface area contributed by atoms with E-state index in [9.17, 15) is 4.79 Å². The summed E-state index contributed by atoms with van der Waals surface area (Å²) >= 11 is 0. The van der Waals surface area contributed by atoms with E-state index in [1.54, 1.807) is 14.0 Å². The van der Waals surface area contributed by atoms with Crippen molar-refractivity contribution in [2.24, 2.45) is 0 Å². The summed E-state index contributed by atoms with van der Waals surface area (Å²) in [7, 11) is 1.60. The molecule has 4 rings (SSSR count). The minimum atomic E-state index is 0.107. The van der Waals surface area contributed by atoms with Crippen LogP contribution in [0.4, 0.5) is 5.69 Å². The molecule has 1 aliphatic heterocycles. The number of aromatic amines is 1. The first-order valence-corrected chi connectivity index (χ1v) is 8.03. The number of nitrogens with zero attached hydrogens (tertiary/aromatic N) is 2. The molecule has 1 aliphatic rings. The van der Waals surface area contributed by atoms with Crippen molar-refractivity contribution in [1.29, 1.82) is 0 Å². The maximum atomic E-state index is 11.7. The van der Waals surface area contributed by atoms with Gasteiger partial charge in [0.25, 0.3) is 0 Å². The van der Waals surface area contributed by atoms with Crippen LogP contribution in [-0.4, -0.2) is 34.4 Å². The number of fused-ring (bicyclic) bond motifs is 5. The summed E-state index contributed by atoms with van der Waals surface area (Å²) in [5.41, 5.74) is 11.8. The third-order valence-electron chi connectivity index (χ3n) is 4.93. The van der Waals surface area contributed by atoms with Crippen molar-refractivity contribution >= 4 is 33.4 Å². The first-order chi connectivity index (χ1) is 11.5. The highest BCUT2D eigenvalue weighted by Crippen LogP contribution is 2.37. The highest BCUT2D eigenvalue weighted by atomic mass is 16.5. The Bertz CT molecular complexity index is 990. The number of benzene rings is 1. The molecular weight excluding hydrogens is 304 g/mol. The van der Waals surface area contributed by atoms with Crippen LogP contribution in [0, 0.1) is 6.92 Å². The van der Waals surface area contributed by atoms with Gasteiger partial charge >= 0.3 is 0 Å². The Hall–Kier alpha value is -2.76. The molecule has 6 heteroatoms. The van der Waals surface area contributed by atoms with Crippen molar-refractivity contribution in [3.8, 4) is 5.75 Å². The lowest BCUT2D eigenvalue weighted by Crippen LogP contribution is -2.34. The summed E-state index contributed by atoms with van der Waals surface area (Å²) in [6.45, 7) is 4.98. The molecule has 24 heavy (non-hydrogen) atoms. The third-order valence-corrected chi connectivity index (χ3v) is 4.93. The van der Waals surface area contributed by atoms with Crippen LogP contribution in [-0.2, 0) is 17.8 Å². The summed E-state index contributed by atoms with van der Waals surface area (Å²) in [6, 6.07) is 3.86. The van der Waals surface area contributed by atoms with Gasteiger partial charge in [-0.15, -0.1) is 0 Å². The molecule has 0 unspecified atom stereocenters. The molecular formula is C18H20N4O2. The van der Waals surface area contributed by atoms with E-state index in [0.717, 1.165) is 40.5 Å². The molecule has 1 aromatic carbocycles. The second kappa shape index (κ2) is 5.12. The van der Waals surface area contributed by atoms with Crippen LogP contribution in [0.1, 0.15) is 23.9 Å². The normalized spacial score (nSPS) is 14.2. The highest BCUT2D eigenvalue weighted by Gasteiger charge is 2.25. The highest BCUT2D eigenvalue weighted by molar-refractivity contribution is 6.10. The quantitative estimate of drug-likeness (QED) is 0.674. The standard InChI is InChI=1S/C18H20N4O2/c1-9-15-12-8-22(10(2)23)7-6-13(12)21-17(15)11-4-5-14(24-3)16(19)18(11)20-9/h4-5,21H,6-8,19H2,1-3H3. The Kier molecular flexibility index (Phi) is 3.16. The van der Waals surface area contributed by atoms with Gasteiger partial charge in [-0.25, -0.2) is 0 Å². The number of methoxy groups -OCH3 is 1. The fourth-order valence-corrected chi connectivity index (χ4v) is 3.68. The maximum absolute atomic E-state index is 11.7. The van der Waals surface area contributed by atoms with Gasteiger partial charge in [-0.3, -0.25) is 9.78 Å². The number of carbonyl (C=O) groups excluding carboxylic acids is 1. The molecule has 0 bridgehead atoms. The third kappa shape index (κ3) is 1.95. The van der Waals surface area contributed by atoms with Crippen LogP contribution in [0.15, 0.2) is 12.1 Å². The number of aromatic nitrogens is 2. The number of H-pyrrole nitrogens is 1. The molecule has 3 aromatic rings. The number of amides is 1. The average Bonchev–Trinajstić information content (AvgIpc) is 2.95. The number of pyridine rings is 1. The van der Waals surface area contributed by atoms with Crippen LogP contribution in [0.5, 0.6) is 5.75 Å². The average molecular weight is 324 g/mol. The summed E-state index contributed by atoms with van der Waals surface area (Å²) in [5, 5.41) is 2.09. The number of hydrogen-bond acceptors (Lipinski definition) is 4. The van der Waals surface area contributed by atoms with E-state index < -0.39 is 0 Å². The Labute approximate surface area is 139 Å². The first-order valence-electron chi connectivity index (χ1n) is 8.03. The number of anilines is 1. The van der Waals surface area contributed by atoms with Crippen molar-refractivity contribution in [2.75, 3.05) is 19.4 Å². The number of aryl methyl sites for hydroxylation is 1. The summed E-state index contributed by atoms with van der Waals surface area (Å²) in [5.74, 6) is 0.739. The lowest BCUT2D eigenvalue weighted by Gasteiger charge is -2.26. The van der Waals surface area contributed by atoms with Gasteiger partial charge in [0, 0.05) is 54.2 Å². The second-order valence-electron chi connectivity index (χ2n) is 6.30. The largest absolute Gasteiger partial charge is 0.495 e. The van der Waals surface area contributed by atoms with Gasteiger partial charge in [0.05, 0.1) is 18.1 Å². The number of nitrogen functional groups attached to an aromatic ring is 1. The number of carbonyl (C=O) groups is 1. The Morgan fingerprint density at radius 1 is 1.42 bits per heavy atom. The van der Waals surface area contributed by atoms with Crippen LogP contribution >= 0.6 is 0 Å².